The first-order valence-corrected chi connectivity index (χ1v) is 7.68. The summed E-state index contributed by atoms with van der Waals surface area (Å²) in [5.41, 5.74) is 1.17. The van der Waals surface area contributed by atoms with E-state index in [4.69, 9.17) is 4.42 Å². The van der Waals surface area contributed by atoms with Crippen molar-refractivity contribution in [2.45, 2.75) is 12.5 Å². The third-order valence-electron chi connectivity index (χ3n) is 4.17. The maximum absolute atomic E-state index is 13.9. The van der Waals surface area contributed by atoms with Crippen LogP contribution in [-0.4, -0.2) is 23.5 Å². The van der Waals surface area contributed by atoms with Crippen LogP contribution in [-0.2, 0) is 4.79 Å². The van der Waals surface area contributed by atoms with Gasteiger partial charge < -0.3 is 14.6 Å². The Balaban J connectivity index is 1.58. The molecule has 1 unspecified atom stereocenters. The fraction of sp³-hybridized carbons (Fsp3) is 0.176. The molecule has 2 N–H and O–H groups in total. The summed E-state index contributed by atoms with van der Waals surface area (Å²) in [5, 5.41) is 3.03. The Kier molecular flexibility index (Phi) is 3.52. The number of hydrogen-bond donors (Lipinski definition) is 2. The quantitative estimate of drug-likeness (QED) is 0.765. The molecule has 3 aromatic rings. The molecule has 6 nitrogen and oxygen atoms in total. The molecule has 1 aromatic heterocycles. The van der Waals surface area contributed by atoms with Gasteiger partial charge in [0, 0.05) is 12.2 Å². The van der Waals surface area contributed by atoms with Crippen molar-refractivity contribution in [3.8, 4) is 0 Å². The molecule has 1 atom stereocenters. The molecule has 4 rings (SSSR count). The third-order valence-corrected chi connectivity index (χ3v) is 4.17. The van der Waals surface area contributed by atoms with Gasteiger partial charge in [-0.3, -0.25) is 9.78 Å². The number of hydrogen-bond acceptors (Lipinski definition) is 4. The van der Waals surface area contributed by atoms with Gasteiger partial charge in [-0.25, -0.2) is 13.6 Å². The summed E-state index contributed by atoms with van der Waals surface area (Å²) in [6, 6.07) is 7.79. The number of H-pyrrole nitrogens is 1. The number of rotatable bonds is 3. The molecule has 1 aliphatic heterocycles. The lowest BCUT2D eigenvalue weighted by Crippen LogP contribution is -2.34. The Hall–Kier alpha value is -3.16. The fourth-order valence-corrected chi connectivity index (χ4v) is 3.03. The van der Waals surface area contributed by atoms with Crippen LogP contribution in [0.15, 0.2) is 45.6 Å². The molecular formula is C17H13F2N3O3. The van der Waals surface area contributed by atoms with E-state index in [1.165, 1.54) is 6.07 Å². The molecule has 0 bridgehead atoms. The number of fused-ring (bicyclic) bond motifs is 1. The van der Waals surface area contributed by atoms with Crippen molar-refractivity contribution in [2.24, 2.45) is 0 Å². The molecule has 25 heavy (non-hydrogen) atoms. The molecular weight excluding hydrogens is 332 g/mol. The molecule has 0 aliphatic carbocycles. The van der Waals surface area contributed by atoms with Crippen molar-refractivity contribution < 1.29 is 18.0 Å². The summed E-state index contributed by atoms with van der Waals surface area (Å²) in [4.78, 5) is 27.4. The summed E-state index contributed by atoms with van der Waals surface area (Å²) < 4.78 is 32.7. The maximum Gasteiger partial charge on any atom is 0.417 e. The number of amides is 1. The first kappa shape index (κ1) is 15.4. The minimum atomic E-state index is -0.772. The average molecular weight is 345 g/mol. The minimum absolute atomic E-state index is 0.207. The summed E-state index contributed by atoms with van der Waals surface area (Å²) in [6.07, 6.45) is 0.395. The van der Waals surface area contributed by atoms with Gasteiger partial charge in [-0.2, -0.15) is 0 Å². The lowest BCUT2D eigenvalue weighted by atomic mass is 10.2. The maximum atomic E-state index is 13.9. The highest BCUT2D eigenvalue weighted by Gasteiger charge is 2.35. The van der Waals surface area contributed by atoms with Crippen molar-refractivity contribution in [2.75, 3.05) is 16.8 Å². The number of halogens is 2. The number of benzene rings is 2. The second kappa shape index (κ2) is 5.73. The fourth-order valence-electron chi connectivity index (χ4n) is 3.03. The van der Waals surface area contributed by atoms with Crippen LogP contribution < -0.4 is 16.0 Å². The molecule has 1 fully saturated rings. The van der Waals surface area contributed by atoms with Crippen molar-refractivity contribution in [1.29, 1.82) is 0 Å². The van der Waals surface area contributed by atoms with Gasteiger partial charge in [-0.15, -0.1) is 0 Å². The van der Waals surface area contributed by atoms with Crippen LogP contribution in [0.2, 0.25) is 0 Å². The van der Waals surface area contributed by atoms with Gasteiger partial charge in [-0.05, 0) is 36.8 Å². The summed E-state index contributed by atoms with van der Waals surface area (Å²) >= 11 is 0. The summed E-state index contributed by atoms with van der Waals surface area (Å²) in [6.45, 7) is 0.207. The highest BCUT2D eigenvalue weighted by Crippen LogP contribution is 2.29. The van der Waals surface area contributed by atoms with Gasteiger partial charge in [-0.1, -0.05) is 6.07 Å². The zero-order valence-corrected chi connectivity index (χ0v) is 12.9. The number of anilines is 2. The third kappa shape index (κ3) is 2.65. The van der Waals surface area contributed by atoms with E-state index in [2.05, 4.69) is 10.3 Å². The number of aromatic amines is 1. The Morgan fingerprint density at radius 3 is 2.68 bits per heavy atom. The summed E-state index contributed by atoms with van der Waals surface area (Å²) in [7, 11) is 0. The van der Waals surface area contributed by atoms with Gasteiger partial charge in [0.05, 0.1) is 5.52 Å². The van der Waals surface area contributed by atoms with Gasteiger partial charge in [0.1, 0.15) is 23.4 Å². The Bertz CT molecular complexity index is 1010. The van der Waals surface area contributed by atoms with E-state index in [1.807, 2.05) is 0 Å². The number of nitrogens with one attached hydrogen (secondary N) is 2. The number of aromatic nitrogens is 1. The highest BCUT2D eigenvalue weighted by molar-refractivity contribution is 6.01. The monoisotopic (exact) mass is 345 g/mol. The van der Waals surface area contributed by atoms with Crippen LogP contribution in [0, 0.1) is 11.6 Å². The first-order chi connectivity index (χ1) is 12.0. The second-order valence-electron chi connectivity index (χ2n) is 5.77. The molecule has 0 saturated carbocycles. The van der Waals surface area contributed by atoms with E-state index in [0.29, 0.717) is 23.2 Å². The number of nitrogens with zero attached hydrogens (tertiary/aromatic N) is 1. The zero-order valence-electron chi connectivity index (χ0n) is 12.9. The van der Waals surface area contributed by atoms with Crippen LogP contribution in [0.5, 0.6) is 0 Å². The van der Waals surface area contributed by atoms with E-state index in [-0.39, 0.29) is 12.2 Å². The van der Waals surface area contributed by atoms with Crippen molar-refractivity contribution in [1.82, 2.24) is 4.98 Å². The predicted molar refractivity (Wildman–Crippen MR) is 87.6 cm³/mol. The van der Waals surface area contributed by atoms with Crippen LogP contribution in [0.1, 0.15) is 6.42 Å². The van der Waals surface area contributed by atoms with E-state index < -0.39 is 29.3 Å². The number of carbonyl (C=O) groups excluding carboxylic acids is 1. The summed E-state index contributed by atoms with van der Waals surface area (Å²) in [5.74, 6) is -2.52. The van der Waals surface area contributed by atoms with Crippen LogP contribution in [0.4, 0.5) is 20.2 Å². The highest BCUT2D eigenvalue weighted by atomic mass is 19.1. The van der Waals surface area contributed by atoms with Crippen molar-refractivity contribution in [3.05, 3.63) is 58.6 Å². The topological polar surface area (TPSA) is 78.3 Å². The molecule has 2 heterocycles. The molecule has 0 spiro atoms. The average Bonchev–Trinajstić information content (AvgIpc) is 3.10. The molecule has 1 aliphatic rings. The SMILES string of the molecule is O=C1C(Nc2ccc3oc(=O)[nH]c3c2)CCN1c1c(F)cccc1F. The number of oxazole rings is 1. The molecule has 128 valence electrons. The molecule has 1 saturated heterocycles. The lowest BCUT2D eigenvalue weighted by molar-refractivity contribution is -0.117. The van der Waals surface area contributed by atoms with Gasteiger partial charge in [0.2, 0.25) is 5.91 Å². The Morgan fingerprint density at radius 2 is 1.92 bits per heavy atom. The number of carbonyl (C=O) groups is 1. The zero-order chi connectivity index (χ0) is 17.6. The predicted octanol–water partition coefficient (Wildman–Crippen LogP) is 2.62. The van der Waals surface area contributed by atoms with Crippen molar-refractivity contribution >= 4 is 28.4 Å². The van der Waals surface area contributed by atoms with Crippen LogP contribution >= 0.6 is 0 Å². The van der Waals surface area contributed by atoms with Crippen LogP contribution in [0.3, 0.4) is 0 Å². The molecule has 0 radical (unpaired) electrons. The second-order valence-corrected chi connectivity index (χ2v) is 5.77. The van der Waals surface area contributed by atoms with E-state index >= 15 is 0 Å². The van der Waals surface area contributed by atoms with Gasteiger partial charge in [0.25, 0.3) is 0 Å². The largest absolute Gasteiger partial charge is 0.417 e. The normalized spacial score (nSPS) is 17.4. The van der Waals surface area contributed by atoms with Crippen molar-refractivity contribution in [3.63, 3.8) is 0 Å². The van der Waals surface area contributed by atoms with Gasteiger partial charge >= 0.3 is 5.76 Å². The Morgan fingerprint density at radius 1 is 1.16 bits per heavy atom. The molecule has 1 amide bonds. The smallest absolute Gasteiger partial charge is 0.408 e. The molecule has 2 aromatic carbocycles. The molecule has 8 heteroatoms. The standard InChI is InChI=1S/C17H13F2N3O3/c18-10-2-1-3-11(19)15(10)22-7-6-12(16(22)23)20-9-4-5-14-13(8-9)21-17(24)25-14/h1-5,8,12,20H,6-7H2,(H,21,24). The minimum Gasteiger partial charge on any atom is -0.408 e. The first-order valence-electron chi connectivity index (χ1n) is 7.68. The van der Waals surface area contributed by atoms with E-state index in [9.17, 15) is 18.4 Å². The number of para-hydroxylation sites is 1. The van der Waals surface area contributed by atoms with E-state index in [0.717, 1.165) is 17.0 Å². The van der Waals surface area contributed by atoms with Gasteiger partial charge in [0.15, 0.2) is 5.58 Å². The Labute approximate surface area is 140 Å². The van der Waals surface area contributed by atoms with Crippen LogP contribution in [0.25, 0.3) is 11.1 Å². The van der Waals surface area contributed by atoms with E-state index in [1.54, 1.807) is 18.2 Å². The lowest BCUT2D eigenvalue weighted by Gasteiger charge is -2.19.